The van der Waals surface area contributed by atoms with Crippen LogP contribution in [0.2, 0.25) is 0 Å². The van der Waals surface area contributed by atoms with Crippen molar-refractivity contribution in [1.29, 1.82) is 0 Å². The van der Waals surface area contributed by atoms with E-state index in [4.69, 9.17) is 5.73 Å². The van der Waals surface area contributed by atoms with Crippen LogP contribution in [0.4, 0.5) is 29.1 Å². The number of halogens is 4. The van der Waals surface area contributed by atoms with Gasteiger partial charge in [0.25, 0.3) is 18.3 Å². The van der Waals surface area contributed by atoms with Gasteiger partial charge in [-0.25, -0.2) is 22.1 Å². The SMILES string of the molecule is N[C@@H]1[C@H](Nc2ccc3ccc(C(=O)Nc4cscc4C(F)F)n3n2)CCCC1(F)F. The number of alkyl halides is 4. The topological polar surface area (TPSA) is 84.4 Å². The largest absolute Gasteiger partial charge is 0.364 e. The van der Waals surface area contributed by atoms with Crippen LogP contribution in [-0.4, -0.2) is 33.5 Å². The maximum atomic E-state index is 13.9. The predicted molar refractivity (Wildman–Crippen MR) is 107 cm³/mol. The number of nitrogens with zero attached hydrogens (tertiary/aromatic N) is 2. The third-order valence-electron chi connectivity index (χ3n) is 5.19. The summed E-state index contributed by atoms with van der Waals surface area (Å²) in [6.07, 6.45) is -2.14. The molecule has 1 fully saturated rings. The van der Waals surface area contributed by atoms with Crippen molar-refractivity contribution < 1.29 is 22.4 Å². The molecule has 1 saturated carbocycles. The van der Waals surface area contributed by atoms with E-state index < -0.39 is 30.3 Å². The fraction of sp³-hybridized carbons (Fsp3) is 0.368. The maximum absolute atomic E-state index is 13.9. The first-order valence-electron chi connectivity index (χ1n) is 9.30. The molecule has 0 aliphatic heterocycles. The zero-order chi connectivity index (χ0) is 21.5. The summed E-state index contributed by atoms with van der Waals surface area (Å²) in [7, 11) is 0. The third-order valence-corrected chi connectivity index (χ3v) is 5.95. The summed E-state index contributed by atoms with van der Waals surface area (Å²) in [6, 6.07) is 4.44. The van der Waals surface area contributed by atoms with E-state index in [1.54, 1.807) is 18.2 Å². The second kappa shape index (κ2) is 7.88. The lowest BCUT2D eigenvalue weighted by Crippen LogP contribution is -2.55. The van der Waals surface area contributed by atoms with Crippen molar-refractivity contribution in [1.82, 2.24) is 9.61 Å². The number of carbonyl (C=O) groups excluding carboxylic acids is 1. The fourth-order valence-corrected chi connectivity index (χ4v) is 4.33. The lowest BCUT2D eigenvalue weighted by Gasteiger charge is -2.36. The van der Waals surface area contributed by atoms with E-state index in [0.29, 0.717) is 18.4 Å². The van der Waals surface area contributed by atoms with E-state index >= 15 is 0 Å². The number of fused-ring (bicyclic) bond motifs is 1. The Morgan fingerprint density at radius 1 is 1.27 bits per heavy atom. The standard InChI is InChI=1S/C19H19F4N5OS/c20-17(21)11-8-30-9-13(11)26-18(29)14-5-3-10-4-6-15(27-28(10)14)25-12-2-1-7-19(22,23)16(12)24/h3-6,8-9,12,16-17H,1-2,7,24H2,(H,25,27)(H,26,29)/t12-,16-/m1/s1. The van der Waals surface area contributed by atoms with Gasteiger partial charge in [-0.3, -0.25) is 4.79 Å². The predicted octanol–water partition coefficient (Wildman–Crippen LogP) is 4.51. The Hall–Kier alpha value is -2.66. The van der Waals surface area contributed by atoms with Crippen LogP contribution in [0, 0.1) is 0 Å². The smallest absolute Gasteiger partial charge is 0.274 e. The number of nitrogens with two attached hydrogens (primary N) is 1. The highest BCUT2D eigenvalue weighted by Gasteiger charge is 2.44. The molecular formula is C19H19F4N5OS. The molecule has 0 saturated heterocycles. The highest BCUT2D eigenvalue weighted by Crippen LogP contribution is 2.34. The average Bonchev–Trinajstić information content (AvgIpc) is 3.32. The van der Waals surface area contributed by atoms with Crippen molar-refractivity contribution in [3.63, 3.8) is 0 Å². The molecule has 6 nitrogen and oxygen atoms in total. The first kappa shape index (κ1) is 20.6. The Balaban J connectivity index is 1.57. The molecule has 3 aromatic rings. The molecule has 2 atom stereocenters. The van der Waals surface area contributed by atoms with Gasteiger partial charge in [0.05, 0.1) is 22.8 Å². The first-order chi connectivity index (χ1) is 14.3. The molecule has 0 radical (unpaired) electrons. The summed E-state index contributed by atoms with van der Waals surface area (Å²) in [6.45, 7) is 0. The van der Waals surface area contributed by atoms with E-state index in [-0.39, 0.29) is 29.2 Å². The second-order valence-electron chi connectivity index (χ2n) is 7.20. The minimum absolute atomic E-state index is 0.0413. The number of rotatable bonds is 5. The molecule has 4 N–H and O–H groups in total. The number of aromatic nitrogens is 2. The van der Waals surface area contributed by atoms with E-state index in [1.165, 1.54) is 21.3 Å². The monoisotopic (exact) mass is 441 g/mol. The average molecular weight is 441 g/mol. The highest BCUT2D eigenvalue weighted by molar-refractivity contribution is 7.08. The molecule has 3 heterocycles. The third kappa shape index (κ3) is 3.86. The van der Waals surface area contributed by atoms with Gasteiger partial charge in [0.1, 0.15) is 11.5 Å². The van der Waals surface area contributed by atoms with Gasteiger partial charge in [-0.05, 0) is 37.1 Å². The molecule has 1 aliphatic rings. The molecule has 1 aliphatic carbocycles. The minimum atomic E-state index is -2.96. The highest BCUT2D eigenvalue weighted by atomic mass is 32.1. The van der Waals surface area contributed by atoms with E-state index in [1.807, 2.05) is 0 Å². The molecule has 4 rings (SSSR count). The maximum Gasteiger partial charge on any atom is 0.274 e. The van der Waals surface area contributed by atoms with Crippen molar-refractivity contribution in [3.05, 3.63) is 46.3 Å². The van der Waals surface area contributed by atoms with Crippen molar-refractivity contribution >= 4 is 34.3 Å². The summed E-state index contributed by atoms with van der Waals surface area (Å²) >= 11 is 1.06. The Bertz CT molecular complexity index is 1070. The fourth-order valence-electron chi connectivity index (χ4n) is 3.55. The Labute approximate surface area is 173 Å². The van der Waals surface area contributed by atoms with Crippen LogP contribution in [0.1, 0.15) is 41.7 Å². The Kier molecular flexibility index (Phi) is 5.41. The van der Waals surface area contributed by atoms with Gasteiger partial charge < -0.3 is 16.4 Å². The van der Waals surface area contributed by atoms with E-state index in [0.717, 1.165) is 11.3 Å². The van der Waals surface area contributed by atoms with Crippen LogP contribution in [0.3, 0.4) is 0 Å². The zero-order valence-electron chi connectivity index (χ0n) is 15.6. The lowest BCUT2D eigenvalue weighted by atomic mass is 9.87. The van der Waals surface area contributed by atoms with Gasteiger partial charge in [0, 0.05) is 23.2 Å². The van der Waals surface area contributed by atoms with Gasteiger partial charge in [0.2, 0.25) is 0 Å². The van der Waals surface area contributed by atoms with Gasteiger partial charge in [-0.1, -0.05) is 0 Å². The van der Waals surface area contributed by atoms with Crippen LogP contribution in [0.5, 0.6) is 0 Å². The summed E-state index contributed by atoms with van der Waals surface area (Å²) in [4.78, 5) is 12.6. The van der Waals surface area contributed by atoms with Crippen molar-refractivity contribution in [2.75, 3.05) is 10.6 Å². The molecule has 3 aromatic heterocycles. The molecule has 30 heavy (non-hydrogen) atoms. The number of nitrogens with one attached hydrogen (secondary N) is 2. The molecule has 1 amide bonds. The molecular weight excluding hydrogens is 422 g/mol. The van der Waals surface area contributed by atoms with Gasteiger partial charge in [0.15, 0.2) is 0 Å². The van der Waals surface area contributed by atoms with E-state index in [9.17, 15) is 22.4 Å². The van der Waals surface area contributed by atoms with Gasteiger partial charge in [-0.15, -0.1) is 16.4 Å². The second-order valence-corrected chi connectivity index (χ2v) is 7.94. The number of hydrogen-bond donors (Lipinski definition) is 3. The van der Waals surface area contributed by atoms with Gasteiger partial charge in [-0.2, -0.15) is 0 Å². The van der Waals surface area contributed by atoms with Crippen LogP contribution in [0.15, 0.2) is 35.0 Å². The number of amides is 1. The number of hydrogen-bond acceptors (Lipinski definition) is 5. The molecule has 160 valence electrons. The number of thiophene rings is 1. The quantitative estimate of drug-likeness (QED) is 0.509. The summed E-state index contributed by atoms with van der Waals surface area (Å²) < 4.78 is 55.2. The van der Waals surface area contributed by atoms with Crippen LogP contribution < -0.4 is 16.4 Å². The van der Waals surface area contributed by atoms with Crippen LogP contribution in [-0.2, 0) is 0 Å². The van der Waals surface area contributed by atoms with Crippen molar-refractivity contribution in [2.45, 2.75) is 43.7 Å². The zero-order valence-corrected chi connectivity index (χ0v) is 16.4. The molecule has 0 spiro atoms. The molecule has 0 unspecified atom stereocenters. The van der Waals surface area contributed by atoms with E-state index in [2.05, 4.69) is 15.7 Å². The number of carbonyl (C=O) groups is 1. The Morgan fingerprint density at radius 2 is 2.03 bits per heavy atom. The summed E-state index contributed by atoms with van der Waals surface area (Å²) in [5.41, 5.74) is 6.22. The normalized spacial score (nSPS) is 21.1. The molecule has 0 aromatic carbocycles. The minimum Gasteiger partial charge on any atom is -0.364 e. The number of anilines is 2. The van der Waals surface area contributed by atoms with Gasteiger partial charge >= 0.3 is 0 Å². The van der Waals surface area contributed by atoms with Crippen LogP contribution in [0.25, 0.3) is 5.52 Å². The Morgan fingerprint density at radius 3 is 2.80 bits per heavy atom. The van der Waals surface area contributed by atoms with Crippen LogP contribution >= 0.6 is 11.3 Å². The summed E-state index contributed by atoms with van der Waals surface area (Å²) in [5.74, 6) is -3.28. The summed E-state index contributed by atoms with van der Waals surface area (Å²) in [5, 5.41) is 12.4. The molecule has 0 bridgehead atoms. The van der Waals surface area contributed by atoms with Crippen molar-refractivity contribution in [2.24, 2.45) is 5.73 Å². The lowest BCUT2D eigenvalue weighted by molar-refractivity contribution is -0.0554. The molecule has 11 heteroatoms. The van der Waals surface area contributed by atoms with Crippen molar-refractivity contribution in [3.8, 4) is 0 Å². The first-order valence-corrected chi connectivity index (χ1v) is 10.2.